The minimum Gasteiger partial charge on any atom is -0.249 e. The van der Waals surface area contributed by atoms with E-state index < -0.39 is 11.4 Å². The summed E-state index contributed by atoms with van der Waals surface area (Å²) >= 11 is 0. The molecule has 0 radical (unpaired) electrons. The van der Waals surface area contributed by atoms with E-state index in [1.807, 2.05) is 20.8 Å². The molecule has 4 nitrogen and oxygen atoms in total. The summed E-state index contributed by atoms with van der Waals surface area (Å²) in [5.74, 6) is -0.994. The fourth-order valence-corrected chi connectivity index (χ4v) is 2.54. The van der Waals surface area contributed by atoms with Crippen LogP contribution in [0.25, 0.3) is 0 Å². The summed E-state index contributed by atoms with van der Waals surface area (Å²) in [5, 5.41) is 9.34. The van der Waals surface area contributed by atoms with Crippen LogP contribution in [0.3, 0.4) is 0 Å². The minimum absolute atomic E-state index is 0.408. The molecular weight excluding hydrogens is 256 g/mol. The number of rotatable bonds is 3. The molecule has 0 aromatic heterocycles. The highest BCUT2D eigenvalue weighted by atomic mass is 17.3. The third-order valence-corrected chi connectivity index (χ3v) is 3.73. The molecule has 1 N–H and O–H groups in total. The highest BCUT2D eigenvalue weighted by molar-refractivity contribution is 4.69. The SMILES string of the molecule is CC(C)(C)OOC1(OO)CCCCCCCCCCC1. The zero-order chi connectivity index (χ0) is 14.9. The second kappa shape index (κ2) is 8.98. The van der Waals surface area contributed by atoms with Gasteiger partial charge in [0.2, 0.25) is 5.79 Å². The fraction of sp³-hybridized carbons (Fsp3) is 1.00. The van der Waals surface area contributed by atoms with Crippen molar-refractivity contribution in [3.8, 4) is 0 Å². The summed E-state index contributed by atoms with van der Waals surface area (Å²) in [4.78, 5) is 15.6. The van der Waals surface area contributed by atoms with Crippen LogP contribution < -0.4 is 0 Å². The van der Waals surface area contributed by atoms with Crippen LogP contribution >= 0.6 is 0 Å². The van der Waals surface area contributed by atoms with Crippen molar-refractivity contribution in [1.82, 2.24) is 0 Å². The van der Waals surface area contributed by atoms with Crippen molar-refractivity contribution in [2.45, 2.75) is 103 Å². The van der Waals surface area contributed by atoms with Crippen LogP contribution in [0.4, 0.5) is 0 Å². The first-order valence-corrected chi connectivity index (χ1v) is 8.17. The lowest BCUT2D eigenvalue weighted by Gasteiger charge is -2.32. The third-order valence-electron chi connectivity index (χ3n) is 3.73. The first-order chi connectivity index (χ1) is 9.47. The maximum Gasteiger partial charge on any atom is 0.233 e. The summed E-state index contributed by atoms with van der Waals surface area (Å²) in [6.45, 7) is 5.77. The quantitative estimate of drug-likeness (QED) is 0.439. The van der Waals surface area contributed by atoms with Gasteiger partial charge in [-0.15, -0.1) is 0 Å². The van der Waals surface area contributed by atoms with Gasteiger partial charge in [-0.05, 0) is 33.6 Å². The van der Waals surface area contributed by atoms with Crippen molar-refractivity contribution in [3.05, 3.63) is 0 Å². The lowest BCUT2D eigenvalue weighted by molar-refractivity contribution is -0.520. The Morgan fingerprint density at radius 1 is 0.750 bits per heavy atom. The summed E-state index contributed by atoms with van der Waals surface area (Å²) in [6.07, 6.45) is 12.1. The van der Waals surface area contributed by atoms with Crippen molar-refractivity contribution in [2.75, 3.05) is 0 Å². The van der Waals surface area contributed by atoms with E-state index in [0.717, 1.165) is 25.7 Å². The molecule has 0 aromatic carbocycles. The van der Waals surface area contributed by atoms with Crippen molar-refractivity contribution in [2.24, 2.45) is 0 Å². The Morgan fingerprint density at radius 2 is 1.15 bits per heavy atom. The Balaban J connectivity index is 2.55. The molecule has 1 fully saturated rings. The van der Waals surface area contributed by atoms with E-state index >= 15 is 0 Å². The van der Waals surface area contributed by atoms with Gasteiger partial charge in [0.05, 0.1) is 5.60 Å². The molecule has 1 saturated carbocycles. The number of hydrogen-bond acceptors (Lipinski definition) is 4. The highest BCUT2D eigenvalue weighted by Gasteiger charge is 2.35. The average molecular weight is 288 g/mol. The van der Waals surface area contributed by atoms with Crippen molar-refractivity contribution < 1.29 is 19.9 Å². The molecule has 0 unspecified atom stereocenters. The molecule has 1 aliphatic carbocycles. The summed E-state index contributed by atoms with van der Waals surface area (Å²) < 4.78 is 0. The first-order valence-electron chi connectivity index (χ1n) is 8.17. The summed E-state index contributed by atoms with van der Waals surface area (Å²) in [6, 6.07) is 0. The maximum atomic E-state index is 9.34. The van der Waals surface area contributed by atoms with E-state index in [0.29, 0.717) is 12.8 Å². The molecule has 1 aliphatic rings. The molecule has 20 heavy (non-hydrogen) atoms. The van der Waals surface area contributed by atoms with Crippen LogP contribution in [-0.4, -0.2) is 16.6 Å². The Bertz CT molecular complexity index is 235. The fourth-order valence-electron chi connectivity index (χ4n) is 2.54. The molecule has 4 heteroatoms. The normalized spacial score (nSPS) is 22.8. The van der Waals surface area contributed by atoms with Gasteiger partial charge in [-0.25, -0.2) is 15.0 Å². The van der Waals surface area contributed by atoms with E-state index in [2.05, 4.69) is 0 Å². The van der Waals surface area contributed by atoms with Gasteiger partial charge < -0.3 is 0 Å². The van der Waals surface area contributed by atoms with Gasteiger partial charge in [0.1, 0.15) is 0 Å². The standard InChI is InChI=1S/C16H32O4/c1-15(2,3)19-20-16(18-17)13-11-9-7-5-4-6-8-10-12-14-16/h17H,4-14H2,1-3H3. The van der Waals surface area contributed by atoms with Crippen molar-refractivity contribution in [3.63, 3.8) is 0 Å². The smallest absolute Gasteiger partial charge is 0.233 e. The second-order valence-corrected chi connectivity index (χ2v) is 6.96. The zero-order valence-corrected chi connectivity index (χ0v) is 13.5. The topological polar surface area (TPSA) is 47.9 Å². The van der Waals surface area contributed by atoms with Crippen LogP contribution in [0, 0.1) is 0 Å². The molecule has 0 heterocycles. The Morgan fingerprint density at radius 3 is 1.50 bits per heavy atom. The molecule has 1 rings (SSSR count). The summed E-state index contributed by atoms with van der Waals surface area (Å²) in [5.41, 5.74) is -0.408. The summed E-state index contributed by atoms with van der Waals surface area (Å²) in [7, 11) is 0. The molecule has 0 atom stereocenters. The Hall–Kier alpha value is -0.160. The van der Waals surface area contributed by atoms with E-state index in [1.54, 1.807) is 0 Å². The predicted octanol–water partition coefficient (Wildman–Crippen LogP) is 5.22. The van der Waals surface area contributed by atoms with Crippen LogP contribution in [0.1, 0.15) is 91.4 Å². The second-order valence-electron chi connectivity index (χ2n) is 6.96. The molecule has 0 spiro atoms. The third kappa shape index (κ3) is 7.58. The van der Waals surface area contributed by atoms with Gasteiger partial charge in [0.15, 0.2) is 0 Å². The van der Waals surface area contributed by atoms with Crippen molar-refractivity contribution >= 4 is 0 Å². The maximum absolute atomic E-state index is 9.34. The zero-order valence-electron chi connectivity index (χ0n) is 13.5. The first kappa shape index (κ1) is 17.9. The van der Waals surface area contributed by atoms with E-state index in [-0.39, 0.29) is 0 Å². The lowest BCUT2D eigenvalue weighted by atomic mass is 9.97. The van der Waals surface area contributed by atoms with Gasteiger partial charge in [0.25, 0.3) is 0 Å². The minimum atomic E-state index is -0.994. The molecular formula is C16H32O4. The van der Waals surface area contributed by atoms with Gasteiger partial charge >= 0.3 is 0 Å². The lowest BCUT2D eigenvalue weighted by Crippen LogP contribution is -2.38. The Kier molecular flexibility index (Phi) is 8.03. The molecule has 120 valence electrons. The van der Waals surface area contributed by atoms with Gasteiger partial charge in [-0.1, -0.05) is 44.9 Å². The monoisotopic (exact) mass is 288 g/mol. The Labute approximate surface area is 123 Å². The largest absolute Gasteiger partial charge is 0.249 e. The average Bonchev–Trinajstić information content (AvgIpc) is 2.38. The van der Waals surface area contributed by atoms with Crippen LogP contribution in [0.5, 0.6) is 0 Å². The van der Waals surface area contributed by atoms with E-state index in [1.165, 1.54) is 32.1 Å². The molecule has 0 aliphatic heterocycles. The van der Waals surface area contributed by atoms with Crippen LogP contribution in [-0.2, 0) is 14.7 Å². The van der Waals surface area contributed by atoms with Gasteiger partial charge in [-0.2, -0.15) is 4.89 Å². The number of hydrogen-bond donors (Lipinski definition) is 1. The highest BCUT2D eigenvalue weighted by Crippen LogP contribution is 2.30. The molecule has 0 amide bonds. The predicted molar refractivity (Wildman–Crippen MR) is 79.2 cm³/mol. The van der Waals surface area contributed by atoms with Gasteiger partial charge in [-0.3, -0.25) is 0 Å². The molecule has 0 saturated heterocycles. The van der Waals surface area contributed by atoms with Crippen LogP contribution in [0.2, 0.25) is 0 Å². The van der Waals surface area contributed by atoms with Crippen LogP contribution in [0.15, 0.2) is 0 Å². The van der Waals surface area contributed by atoms with E-state index in [9.17, 15) is 5.26 Å². The van der Waals surface area contributed by atoms with Crippen molar-refractivity contribution in [1.29, 1.82) is 0 Å². The molecule has 0 aromatic rings. The molecule has 0 bridgehead atoms. The van der Waals surface area contributed by atoms with Gasteiger partial charge in [0, 0.05) is 12.8 Å². The van der Waals surface area contributed by atoms with E-state index in [4.69, 9.17) is 14.7 Å².